The second-order valence-electron chi connectivity index (χ2n) is 7.08. The van der Waals surface area contributed by atoms with E-state index in [1.807, 2.05) is 0 Å². The van der Waals surface area contributed by atoms with Gasteiger partial charge in [-0.2, -0.15) is 13.2 Å². The maximum absolute atomic E-state index is 12.4. The highest BCUT2D eigenvalue weighted by Gasteiger charge is 2.48. The summed E-state index contributed by atoms with van der Waals surface area (Å²) < 4.78 is 41.0. The highest BCUT2D eigenvalue weighted by Crippen LogP contribution is 2.37. The standard InChI is InChI=1S/C19H21F3N2O4/c20-19(21,22)11-28-13-7-5-12(6-8-13)9-23-16(25)10-24-17(26)14-3-1-2-4-15(14)18(24)27/h5-8,14-15H,1-4,9-11H2,(H,23,25)/t14-,15+. The lowest BCUT2D eigenvalue weighted by atomic mass is 9.81. The van der Waals surface area contributed by atoms with E-state index in [9.17, 15) is 27.6 Å². The van der Waals surface area contributed by atoms with Crippen LogP contribution < -0.4 is 10.1 Å². The molecule has 3 amide bonds. The highest BCUT2D eigenvalue weighted by molar-refractivity contribution is 6.07. The Hall–Kier alpha value is -2.58. The zero-order valence-electron chi connectivity index (χ0n) is 15.1. The first-order chi connectivity index (χ1) is 13.2. The summed E-state index contributed by atoms with van der Waals surface area (Å²) in [7, 11) is 0. The molecule has 1 heterocycles. The summed E-state index contributed by atoms with van der Waals surface area (Å²) in [6, 6.07) is 5.83. The van der Waals surface area contributed by atoms with Crippen molar-refractivity contribution in [1.82, 2.24) is 10.2 Å². The van der Waals surface area contributed by atoms with Gasteiger partial charge in [0.15, 0.2) is 6.61 Å². The molecular weight excluding hydrogens is 377 g/mol. The van der Waals surface area contributed by atoms with Crippen molar-refractivity contribution in [3.63, 3.8) is 0 Å². The second-order valence-corrected chi connectivity index (χ2v) is 7.08. The Bertz CT molecular complexity index is 725. The first-order valence-electron chi connectivity index (χ1n) is 9.15. The number of nitrogens with zero attached hydrogens (tertiary/aromatic N) is 1. The Balaban J connectivity index is 1.48. The fourth-order valence-electron chi connectivity index (χ4n) is 3.66. The highest BCUT2D eigenvalue weighted by atomic mass is 19.4. The average Bonchev–Trinajstić information content (AvgIpc) is 2.90. The first-order valence-corrected chi connectivity index (χ1v) is 9.15. The molecule has 1 saturated carbocycles. The Kier molecular flexibility index (Phi) is 5.90. The van der Waals surface area contributed by atoms with Crippen molar-refractivity contribution in [3.05, 3.63) is 29.8 Å². The third-order valence-electron chi connectivity index (χ3n) is 5.05. The van der Waals surface area contributed by atoms with Gasteiger partial charge in [-0.25, -0.2) is 0 Å². The van der Waals surface area contributed by atoms with E-state index >= 15 is 0 Å². The molecule has 152 valence electrons. The molecule has 28 heavy (non-hydrogen) atoms. The van der Waals surface area contributed by atoms with Crippen molar-refractivity contribution >= 4 is 17.7 Å². The first kappa shape index (κ1) is 20.2. The van der Waals surface area contributed by atoms with E-state index in [4.69, 9.17) is 0 Å². The van der Waals surface area contributed by atoms with E-state index in [2.05, 4.69) is 10.1 Å². The van der Waals surface area contributed by atoms with Gasteiger partial charge in [-0.3, -0.25) is 19.3 Å². The molecule has 1 aliphatic carbocycles. The van der Waals surface area contributed by atoms with E-state index in [0.717, 1.165) is 17.7 Å². The Morgan fingerprint density at radius 2 is 1.64 bits per heavy atom. The lowest BCUT2D eigenvalue weighted by Gasteiger charge is -2.19. The van der Waals surface area contributed by atoms with Crippen LogP contribution >= 0.6 is 0 Å². The van der Waals surface area contributed by atoms with Crippen LogP contribution in [0.15, 0.2) is 24.3 Å². The zero-order chi connectivity index (χ0) is 20.3. The number of fused-ring (bicyclic) bond motifs is 1. The summed E-state index contributed by atoms with van der Waals surface area (Å²) in [6.07, 6.45) is -1.19. The molecule has 2 aliphatic rings. The fraction of sp³-hybridized carbons (Fsp3) is 0.526. The van der Waals surface area contributed by atoms with Crippen molar-refractivity contribution in [1.29, 1.82) is 0 Å². The van der Waals surface area contributed by atoms with E-state index in [-0.39, 0.29) is 42.5 Å². The van der Waals surface area contributed by atoms with Crippen LogP contribution in [0, 0.1) is 11.8 Å². The van der Waals surface area contributed by atoms with Crippen LogP contribution in [-0.2, 0) is 20.9 Å². The topological polar surface area (TPSA) is 75.7 Å². The molecule has 0 unspecified atom stereocenters. The molecular formula is C19H21F3N2O4. The predicted octanol–water partition coefficient (Wildman–Crippen LogP) is 2.42. The summed E-state index contributed by atoms with van der Waals surface area (Å²) in [5.41, 5.74) is 0.653. The van der Waals surface area contributed by atoms with Gasteiger partial charge in [0.1, 0.15) is 12.3 Å². The van der Waals surface area contributed by atoms with Gasteiger partial charge in [0, 0.05) is 6.54 Å². The number of rotatable bonds is 6. The molecule has 2 fully saturated rings. The molecule has 1 saturated heterocycles. The number of hydrogen-bond donors (Lipinski definition) is 1. The van der Waals surface area contributed by atoms with Crippen LogP contribution in [0.3, 0.4) is 0 Å². The number of amides is 3. The van der Waals surface area contributed by atoms with Crippen molar-refractivity contribution in [3.8, 4) is 5.75 Å². The van der Waals surface area contributed by atoms with Crippen LogP contribution in [-0.4, -0.2) is 41.9 Å². The number of benzene rings is 1. The molecule has 1 N–H and O–H groups in total. The molecule has 0 spiro atoms. The van der Waals surface area contributed by atoms with E-state index in [1.54, 1.807) is 0 Å². The van der Waals surface area contributed by atoms with Gasteiger partial charge in [0.05, 0.1) is 11.8 Å². The molecule has 6 nitrogen and oxygen atoms in total. The van der Waals surface area contributed by atoms with Gasteiger partial charge in [0.25, 0.3) is 0 Å². The minimum absolute atomic E-state index is 0.0725. The Labute approximate surface area is 160 Å². The van der Waals surface area contributed by atoms with Gasteiger partial charge in [0.2, 0.25) is 17.7 Å². The van der Waals surface area contributed by atoms with Gasteiger partial charge in [-0.1, -0.05) is 25.0 Å². The molecule has 3 rings (SSSR count). The largest absolute Gasteiger partial charge is 0.484 e. The number of halogens is 3. The third kappa shape index (κ3) is 4.82. The van der Waals surface area contributed by atoms with Crippen LogP contribution in [0.4, 0.5) is 13.2 Å². The second kappa shape index (κ2) is 8.20. The number of imide groups is 1. The van der Waals surface area contributed by atoms with Crippen molar-refractivity contribution in [2.75, 3.05) is 13.2 Å². The van der Waals surface area contributed by atoms with Crippen LogP contribution in [0.5, 0.6) is 5.75 Å². The normalized spacial score (nSPS) is 22.2. The summed E-state index contributed by atoms with van der Waals surface area (Å²) in [4.78, 5) is 37.9. The van der Waals surface area contributed by atoms with Gasteiger partial charge in [-0.05, 0) is 30.5 Å². The molecule has 0 aromatic heterocycles. The SMILES string of the molecule is O=C(CN1C(=O)[C@H]2CCCC[C@H]2C1=O)NCc1ccc(OCC(F)(F)F)cc1. The van der Waals surface area contributed by atoms with E-state index < -0.39 is 18.7 Å². The fourth-order valence-corrected chi connectivity index (χ4v) is 3.66. The maximum Gasteiger partial charge on any atom is 0.422 e. The van der Waals surface area contributed by atoms with Crippen LogP contribution in [0.25, 0.3) is 0 Å². The molecule has 1 aromatic rings. The van der Waals surface area contributed by atoms with Gasteiger partial charge < -0.3 is 10.1 Å². The minimum atomic E-state index is -4.41. The number of ether oxygens (including phenoxy) is 1. The third-order valence-corrected chi connectivity index (χ3v) is 5.05. The zero-order valence-corrected chi connectivity index (χ0v) is 15.1. The van der Waals surface area contributed by atoms with E-state index in [1.165, 1.54) is 24.3 Å². The number of carbonyl (C=O) groups is 3. The van der Waals surface area contributed by atoms with Crippen molar-refractivity contribution < 1.29 is 32.3 Å². The molecule has 2 atom stereocenters. The van der Waals surface area contributed by atoms with Gasteiger partial charge >= 0.3 is 6.18 Å². The van der Waals surface area contributed by atoms with Crippen molar-refractivity contribution in [2.24, 2.45) is 11.8 Å². The molecule has 0 radical (unpaired) electrons. The van der Waals surface area contributed by atoms with Crippen molar-refractivity contribution in [2.45, 2.75) is 38.4 Å². The summed E-state index contributed by atoms with van der Waals surface area (Å²) >= 11 is 0. The molecule has 0 bridgehead atoms. The molecule has 1 aromatic carbocycles. The van der Waals surface area contributed by atoms with Crippen LogP contribution in [0.1, 0.15) is 31.2 Å². The monoisotopic (exact) mass is 398 g/mol. The number of alkyl halides is 3. The number of hydrogen-bond acceptors (Lipinski definition) is 4. The quantitative estimate of drug-likeness (QED) is 0.747. The van der Waals surface area contributed by atoms with Gasteiger partial charge in [-0.15, -0.1) is 0 Å². The Morgan fingerprint density at radius 1 is 1.07 bits per heavy atom. The average molecular weight is 398 g/mol. The number of carbonyl (C=O) groups excluding carboxylic acids is 3. The molecule has 9 heteroatoms. The summed E-state index contributed by atoms with van der Waals surface area (Å²) in [6.45, 7) is -1.55. The lowest BCUT2D eigenvalue weighted by molar-refractivity contribution is -0.153. The lowest BCUT2D eigenvalue weighted by Crippen LogP contribution is -2.40. The predicted molar refractivity (Wildman–Crippen MR) is 92.0 cm³/mol. The molecule has 1 aliphatic heterocycles. The summed E-state index contributed by atoms with van der Waals surface area (Å²) in [5, 5.41) is 2.62. The summed E-state index contributed by atoms with van der Waals surface area (Å²) in [5.74, 6) is -1.51. The number of likely N-dealkylation sites (tertiary alicyclic amines) is 1. The Morgan fingerprint density at radius 3 is 2.18 bits per heavy atom. The number of nitrogens with one attached hydrogen (secondary N) is 1. The maximum atomic E-state index is 12.4. The minimum Gasteiger partial charge on any atom is -0.484 e. The van der Waals surface area contributed by atoms with E-state index in [0.29, 0.717) is 18.4 Å². The van der Waals surface area contributed by atoms with Crippen LogP contribution in [0.2, 0.25) is 0 Å². The smallest absolute Gasteiger partial charge is 0.422 e.